The normalized spacial score (nSPS) is 28.4. The molecule has 1 aliphatic rings. The second kappa shape index (κ2) is 3.45. The molecule has 5 nitrogen and oxygen atoms in total. The summed E-state index contributed by atoms with van der Waals surface area (Å²) in [5, 5.41) is 14.4. The number of nitrogens with zero attached hydrogens (tertiary/aromatic N) is 3. The van der Waals surface area contributed by atoms with Crippen molar-refractivity contribution in [1.82, 2.24) is 14.5 Å². The monoisotopic (exact) mass is 214 g/mol. The van der Waals surface area contributed by atoms with Gasteiger partial charge in [0.1, 0.15) is 10.7 Å². The Labute approximate surface area is 86.7 Å². The highest BCUT2D eigenvalue weighted by molar-refractivity contribution is 7.09. The molecule has 1 aromatic heterocycles. The van der Waals surface area contributed by atoms with Gasteiger partial charge in [0.2, 0.25) is 0 Å². The van der Waals surface area contributed by atoms with Crippen molar-refractivity contribution in [3.8, 4) is 0 Å². The SMILES string of the molecule is CC1(O)CCN(Cc2nnsc2N)C1. The Hall–Kier alpha value is -0.720. The lowest BCUT2D eigenvalue weighted by Gasteiger charge is -2.17. The lowest BCUT2D eigenvalue weighted by Crippen LogP contribution is -2.29. The summed E-state index contributed by atoms with van der Waals surface area (Å²) >= 11 is 1.22. The zero-order chi connectivity index (χ0) is 10.2. The van der Waals surface area contributed by atoms with Gasteiger partial charge in [-0.05, 0) is 13.3 Å². The predicted molar refractivity (Wildman–Crippen MR) is 54.8 cm³/mol. The molecule has 0 spiro atoms. The average Bonchev–Trinajstić information content (AvgIpc) is 2.61. The van der Waals surface area contributed by atoms with Crippen molar-refractivity contribution in [2.45, 2.75) is 25.5 Å². The van der Waals surface area contributed by atoms with Crippen LogP contribution in [0.25, 0.3) is 0 Å². The highest BCUT2D eigenvalue weighted by Gasteiger charge is 2.31. The lowest BCUT2D eigenvalue weighted by molar-refractivity contribution is 0.0677. The maximum atomic E-state index is 9.76. The van der Waals surface area contributed by atoms with E-state index in [4.69, 9.17) is 5.73 Å². The van der Waals surface area contributed by atoms with Gasteiger partial charge in [-0.3, -0.25) is 4.90 Å². The van der Waals surface area contributed by atoms with Gasteiger partial charge in [-0.25, -0.2) is 0 Å². The third-order valence-electron chi connectivity index (χ3n) is 2.49. The van der Waals surface area contributed by atoms with E-state index >= 15 is 0 Å². The fraction of sp³-hybridized carbons (Fsp3) is 0.750. The van der Waals surface area contributed by atoms with Gasteiger partial charge in [-0.2, -0.15) is 0 Å². The third kappa shape index (κ3) is 2.02. The zero-order valence-corrected chi connectivity index (χ0v) is 8.92. The second-order valence-corrected chi connectivity index (χ2v) is 4.83. The Balaban J connectivity index is 1.97. The molecule has 2 heterocycles. The number of anilines is 1. The molecule has 3 N–H and O–H groups in total. The molecule has 0 aromatic carbocycles. The number of β-amino-alcohol motifs (C(OH)–C–C–N with tert-alkyl or cyclic N) is 1. The van der Waals surface area contributed by atoms with Gasteiger partial charge >= 0.3 is 0 Å². The van der Waals surface area contributed by atoms with Crippen LogP contribution in [0, 0.1) is 0 Å². The molecule has 1 unspecified atom stereocenters. The summed E-state index contributed by atoms with van der Waals surface area (Å²) in [6.45, 7) is 4.13. The first-order chi connectivity index (χ1) is 6.57. The first-order valence-electron chi connectivity index (χ1n) is 4.58. The molecule has 0 radical (unpaired) electrons. The molecule has 0 amide bonds. The quantitative estimate of drug-likeness (QED) is 0.729. The van der Waals surface area contributed by atoms with E-state index in [1.807, 2.05) is 6.92 Å². The third-order valence-corrected chi connectivity index (χ3v) is 3.08. The van der Waals surface area contributed by atoms with Crippen LogP contribution < -0.4 is 5.73 Å². The van der Waals surface area contributed by atoms with Crippen LogP contribution in [0.2, 0.25) is 0 Å². The maximum absolute atomic E-state index is 9.76. The molecule has 14 heavy (non-hydrogen) atoms. The fourth-order valence-electron chi connectivity index (χ4n) is 1.71. The Morgan fingerprint density at radius 3 is 3.00 bits per heavy atom. The lowest BCUT2D eigenvalue weighted by atomic mass is 10.1. The molecule has 2 rings (SSSR count). The number of nitrogen functional groups attached to an aromatic ring is 1. The summed E-state index contributed by atoms with van der Waals surface area (Å²) in [7, 11) is 0. The minimum Gasteiger partial charge on any atom is -0.389 e. The highest BCUT2D eigenvalue weighted by atomic mass is 32.1. The molecule has 1 atom stereocenters. The van der Waals surface area contributed by atoms with Crippen LogP contribution in [-0.4, -0.2) is 38.3 Å². The number of aliphatic hydroxyl groups is 1. The Bertz CT molecular complexity index is 325. The number of hydrogen-bond acceptors (Lipinski definition) is 6. The minimum absolute atomic E-state index is 0.557. The molecule has 1 saturated heterocycles. The van der Waals surface area contributed by atoms with Crippen LogP contribution in [0.15, 0.2) is 0 Å². The molecule has 78 valence electrons. The Kier molecular flexibility index (Phi) is 2.42. The van der Waals surface area contributed by atoms with Gasteiger partial charge in [0.05, 0.1) is 5.60 Å². The standard InChI is InChI=1S/C8H14N4OS/c1-8(13)2-3-12(5-8)4-6-7(9)14-11-10-6/h13H,2-5,9H2,1H3. The fourth-order valence-corrected chi connectivity index (χ4v) is 2.15. The molecular weight excluding hydrogens is 200 g/mol. The van der Waals surface area contributed by atoms with E-state index in [9.17, 15) is 5.11 Å². The van der Waals surface area contributed by atoms with Crippen LogP contribution >= 0.6 is 11.5 Å². The maximum Gasteiger partial charge on any atom is 0.132 e. The van der Waals surface area contributed by atoms with Crippen molar-refractivity contribution < 1.29 is 5.11 Å². The van der Waals surface area contributed by atoms with Crippen molar-refractivity contribution in [3.05, 3.63) is 5.69 Å². The van der Waals surface area contributed by atoms with Gasteiger partial charge in [0, 0.05) is 31.2 Å². The van der Waals surface area contributed by atoms with Crippen molar-refractivity contribution in [2.24, 2.45) is 0 Å². The van der Waals surface area contributed by atoms with E-state index in [-0.39, 0.29) is 0 Å². The molecule has 1 aromatic rings. The largest absolute Gasteiger partial charge is 0.389 e. The molecule has 1 aliphatic heterocycles. The molecular formula is C8H14N4OS. The van der Waals surface area contributed by atoms with E-state index in [0.29, 0.717) is 18.1 Å². The first-order valence-corrected chi connectivity index (χ1v) is 5.36. The van der Waals surface area contributed by atoms with Gasteiger partial charge in [0.15, 0.2) is 0 Å². The summed E-state index contributed by atoms with van der Waals surface area (Å²) in [5.41, 5.74) is 5.96. The van der Waals surface area contributed by atoms with Crippen LogP contribution in [0.3, 0.4) is 0 Å². The van der Waals surface area contributed by atoms with Crippen molar-refractivity contribution >= 4 is 16.5 Å². The van der Waals surface area contributed by atoms with Crippen molar-refractivity contribution in [3.63, 3.8) is 0 Å². The molecule has 1 fully saturated rings. The second-order valence-electron chi connectivity index (χ2n) is 4.04. The van der Waals surface area contributed by atoms with Crippen LogP contribution in [0.1, 0.15) is 19.0 Å². The number of likely N-dealkylation sites (tertiary alicyclic amines) is 1. The summed E-state index contributed by atoms with van der Waals surface area (Å²) in [5.74, 6) is 0. The molecule has 0 saturated carbocycles. The molecule has 0 aliphatic carbocycles. The number of hydrogen-bond donors (Lipinski definition) is 2. The van der Waals surface area contributed by atoms with Gasteiger partial charge in [0.25, 0.3) is 0 Å². The number of rotatable bonds is 2. The summed E-state index contributed by atoms with van der Waals surface area (Å²) in [4.78, 5) is 2.15. The Morgan fingerprint density at radius 1 is 1.71 bits per heavy atom. The van der Waals surface area contributed by atoms with E-state index in [0.717, 1.165) is 18.7 Å². The Morgan fingerprint density at radius 2 is 2.50 bits per heavy atom. The summed E-state index contributed by atoms with van der Waals surface area (Å²) < 4.78 is 3.78. The number of aromatic nitrogens is 2. The summed E-state index contributed by atoms with van der Waals surface area (Å²) in [6, 6.07) is 0. The van der Waals surface area contributed by atoms with Crippen molar-refractivity contribution in [2.75, 3.05) is 18.8 Å². The van der Waals surface area contributed by atoms with Gasteiger partial charge < -0.3 is 10.8 Å². The molecule has 6 heteroatoms. The van der Waals surface area contributed by atoms with Crippen LogP contribution in [-0.2, 0) is 6.54 Å². The topological polar surface area (TPSA) is 75.3 Å². The predicted octanol–water partition coefficient (Wildman–Crippen LogP) is 0.0770. The summed E-state index contributed by atoms with van der Waals surface area (Å²) in [6.07, 6.45) is 0.810. The van der Waals surface area contributed by atoms with E-state index in [1.54, 1.807) is 0 Å². The van der Waals surface area contributed by atoms with E-state index < -0.39 is 5.60 Å². The highest BCUT2D eigenvalue weighted by Crippen LogP contribution is 2.23. The van der Waals surface area contributed by atoms with Gasteiger partial charge in [-0.1, -0.05) is 4.49 Å². The first kappa shape index (κ1) is 9.82. The molecule has 0 bridgehead atoms. The van der Waals surface area contributed by atoms with Gasteiger partial charge in [-0.15, -0.1) is 5.10 Å². The smallest absolute Gasteiger partial charge is 0.132 e. The minimum atomic E-state index is -0.557. The van der Waals surface area contributed by atoms with Crippen molar-refractivity contribution in [1.29, 1.82) is 0 Å². The average molecular weight is 214 g/mol. The van der Waals surface area contributed by atoms with E-state index in [1.165, 1.54) is 11.5 Å². The van der Waals surface area contributed by atoms with Crippen LogP contribution in [0.5, 0.6) is 0 Å². The van der Waals surface area contributed by atoms with Crippen LogP contribution in [0.4, 0.5) is 5.00 Å². The van der Waals surface area contributed by atoms with E-state index in [2.05, 4.69) is 14.5 Å². The zero-order valence-electron chi connectivity index (χ0n) is 8.10. The number of nitrogens with two attached hydrogens (primary N) is 1.